The van der Waals surface area contributed by atoms with Gasteiger partial charge in [-0.05, 0) is 40.0 Å². The second-order valence-electron chi connectivity index (χ2n) is 8.95. The molecule has 3 aliphatic rings. The molecule has 1 saturated carbocycles. The number of aliphatic hydroxyl groups excluding tert-OH is 2. The predicted octanol–water partition coefficient (Wildman–Crippen LogP) is 2.04. The standard InChI is InChI=1S/C19H33NO6/c1-18(2,3)26-17(23)20-10-13(9-14(21)15(22)11-20)16-12-24-19(25-16)7-5-4-6-8-19/h13-16,21-22H,4-12H2,1-3H3/t13-,14?,15?,16+/m0/s1. The van der Waals surface area contributed by atoms with E-state index in [1.165, 1.54) is 11.3 Å². The molecule has 7 heteroatoms. The Balaban J connectivity index is 1.68. The average Bonchev–Trinajstić information content (AvgIpc) is 2.88. The molecule has 150 valence electrons. The van der Waals surface area contributed by atoms with E-state index in [4.69, 9.17) is 14.2 Å². The fraction of sp³-hybridized carbons (Fsp3) is 0.947. The highest BCUT2D eigenvalue weighted by molar-refractivity contribution is 5.68. The van der Waals surface area contributed by atoms with Crippen molar-refractivity contribution in [2.24, 2.45) is 5.92 Å². The highest BCUT2D eigenvalue weighted by Crippen LogP contribution is 2.40. The first-order valence-corrected chi connectivity index (χ1v) is 9.83. The number of carbonyl (C=O) groups is 1. The molecule has 0 bridgehead atoms. The van der Waals surface area contributed by atoms with E-state index in [1.807, 2.05) is 20.8 Å². The van der Waals surface area contributed by atoms with Gasteiger partial charge in [0.1, 0.15) is 5.60 Å². The lowest BCUT2D eigenvalue weighted by Gasteiger charge is -2.33. The Morgan fingerprint density at radius 2 is 1.81 bits per heavy atom. The third-order valence-electron chi connectivity index (χ3n) is 5.52. The number of rotatable bonds is 1. The third-order valence-corrected chi connectivity index (χ3v) is 5.52. The minimum atomic E-state index is -0.988. The summed E-state index contributed by atoms with van der Waals surface area (Å²) in [6.07, 6.45) is 3.06. The lowest BCUT2D eigenvalue weighted by molar-refractivity contribution is -0.192. The molecule has 1 spiro atoms. The van der Waals surface area contributed by atoms with E-state index < -0.39 is 29.7 Å². The SMILES string of the molecule is CC(C)(C)OC(=O)N1CC(O)C(O)C[C@H]([C@H]2COC3(CCCCC3)O2)C1. The first-order valence-electron chi connectivity index (χ1n) is 9.83. The Morgan fingerprint density at radius 1 is 1.12 bits per heavy atom. The van der Waals surface area contributed by atoms with Crippen LogP contribution in [-0.2, 0) is 14.2 Å². The number of hydrogen-bond acceptors (Lipinski definition) is 6. The Hall–Kier alpha value is -0.890. The number of aliphatic hydroxyl groups is 2. The van der Waals surface area contributed by atoms with Crippen LogP contribution >= 0.6 is 0 Å². The molecule has 2 unspecified atom stereocenters. The maximum Gasteiger partial charge on any atom is 0.410 e. The maximum atomic E-state index is 12.5. The molecular weight excluding hydrogens is 338 g/mol. The molecule has 3 fully saturated rings. The smallest absolute Gasteiger partial charge is 0.410 e. The minimum absolute atomic E-state index is 0.0608. The van der Waals surface area contributed by atoms with Crippen molar-refractivity contribution in [1.29, 1.82) is 0 Å². The third kappa shape index (κ3) is 4.68. The number of ether oxygens (including phenoxy) is 3. The fourth-order valence-electron chi connectivity index (χ4n) is 4.15. The molecule has 1 amide bonds. The van der Waals surface area contributed by atoms with Crippen molar-refractivity contribution >= 4 is 6.09 Å². The second-order valence-corrected chi connectivity index (χ2v) is 8.95. The van der Waals surface area contributed by atoms with Gasteiger partial charge in [0.15, 0.2) is 5.79 Å². The van der Waals surface area contributed by atoms with Gasteiger partial charge >= 0.3 is 6.09 Å². The van der Waals surface area contributed by atoms with Crippen LogP contribution in [-0.4, -0.2) is 70.6 Å². The summed E-state index contributed by atoms with van der Waals surface area (Å²) in [5.41, 5.74) is -0.610. The summed E-state index contributed by atoms with van der Waals surface area (Å²) in [4.78, 5) is 14.0. The molecule has 7 nitrogen and oxygen atoms in total. The lowest BCUT2D eigenvalue weighted by Crippen LogP contribution is -2.44. The second kappa shape index (κ2) is 7.62. The topological polar surface area (TPSA) is 88.5 Å². The van der Waals surface area contributed by atoms with Gasteiger partial charge in [0.05, 0.1) is 31.5 Å². The fourth-order valence-corrected chi connectivity index (χ4v) is 4.15. The van der Waals surface area contributed by atoms with Crippen molar-refractivity contribution in [1.82, 2.24) is 4.90 Å². The van der Waals surface area contributed by atoms with E-state index in [2.05, 4.69) is 0 Å². The molecule has 26 heavy (non-hydrogen) atoms. The summed E-state index contributed by atoms with van der Waals surface area (Å²) in [7, 11) is 0. The summed E-state index contributed by atoms with van der Waals surface area (Å²) in [6.45, 7) is 6.35. The van der Waals surface area contributed by atoms with Crippen LogP contribution in [0, 0.1) is 5.92 Å². The molecule has 2 saturated heterocycles. The molecule has 1 aliphatic carbocycles. The number of likely N-dealkylation sites (tertiary alicyclic amines) is 1. The Morgan fingerprint density at radius 3 is 2.46 bits per heavy atom. The zero-order valence-corrected chi connectivity index (χ0v) is 16.1. The molecule has 0 aromatic heterocycles. The summed E-state index contributed by atoms with van der Waals surface area (Å²) in [6, 6.07) is 0. The minimum Gasteiger partial charge on any atom is -0.444 e. The van der Waals surface area contributed by atoms with Gasteiger partial charge in [-0.25, -0.2) is 4.79 Å². The zero-order valence-electron chi connectivity index (χ0n) is 16.1. The van der Waals surface area contributed by atoms with Crippen LogP contribution < -0.4 is 0 Å². The van der Waals surface area contributed by atoms with Gasteiger partial charge in [-0.2, -0.15) is 0 Å². The molecule has 2 aliphatic heterocycles. The van der Waals surface area contributed by atoms with Crippen molar-refractivity contribution in [2.45, 2.75) is 89.0 Å². The highest BCUT2D eigenvalue weighted by atomic mass is 16.7. The number of hydrogen-bond donors (Lipinski definition) is 2. The lowest BCUT2D eigenvalue weighted by atomic mass is 9.93. The number of β-amino-alcohol motifs (C(OH)–C–C–N with tert-alkyl or cyclic N) is 1. The van der Waals surface area contributed by atoms with E-state index in [9.17, 15) is 15.0 Å². The highest BCUT2D eigenvalue weighted by Gasteiger charge is 2.47. The van der Waals surface area contributed by atoms with Crippen molar-refractivity contribution in [2.75, 3.05) is 19.7 Å². The van der Waals surface area contributed by atoms with E-state index in [1.54, 1.807) is 0 Å². The van der Waals surface area contributed by atoms with Crippen molar-refractivity contribution in [3.63, 3.8) is 0 Å². The normalized spacial score (nSPS) is 35.3. The summed E-state index contributed by atoms with van der Waals surface area (Å²) < 4.78 is 17.8. The van der Waals surface area contributed by atoms with Crippen molar-refractivity contribution in [3.8, 4) is 0 Å². The van der Waals surface area contributed by atoms with Gasteiger partial charge in [0.25, 0.3) is 0 Å². The van der Waals surface area contributed by atoms with Crippen LogP contribution in [0.25, 0.3) is 0 Å². The predicted molar refractivity (Wildman–Crippen MR) is 94.6 cm³/mol. The average molecular weight is 371 g/mol. The van der Waals surface area contributed by atoms with Crippen molar-refractivity contribution in [3.05, 3.63) is 0 Å². The summed E-state index contributed by atoms with van der Waals surface area (Å²) in [5, 5.41) is 20.5. The van der Waals surface area contributed by atoms with Gasteiger partial charge in [-0.1, -0.05) is 6.42 Å². The van der Waals surface area contributed by atoms with E-state index in [0.29, 0.717) is 19.6 Å². The molecule has 0 aromatic rings. The number of carbonyl (C=O) groups excluding carboxylic acids is 1. The number of amides is 1. The Labute approximate surface area is 155 Å². The zero-order chi connectivity index (χ0) is 18.9. The van der Waals surface area contributed by atoms with Crippen LogP contribution in [0.1, 0.15) is 59.3 Å². The van der Waals surface area contributed by atoms with Gasteiger partial charge in [-0.3, -0.25) is 0 Å². The first kappa shape index (κ1) is 19.9. The van der Waals surface area contributed by atoms with Gasteiger partial charge in [0, 0.05) is 25.3 Å². The van der Waals surface area contributed by atoms with Crippen LogP contribution in [0.15, 0.2) is 0 Å². The van der Waals surface area contributed by atoms with Gasteiger partial charge in [-0.15, -0.1) is 0 Å². The molecule has 2 heterocycles. The monoisotopic (exact) mass is 371 g/mol. The van der Waals surface area contributed by atoms with Crippen LogP contribution in [0.4, 0.5) is 4.79 Å². The Kier molecular flexibility index (Phi) is 5.82. The summed E-state index contributed by atoms with van der Waals surface area (Å²) in [5.74, 6) is -0.591. The van der Waals surface area contributed by atoms with E-state index >= 15 is 0 Å². The van der Waals surface area contributed by atoms with Crippen LogP contribution in [0.3, 0.4) is 0 Å². The van der Waals surface area contributed by atoms with E-state index in [-0.39, 0.29) is 18.6 Å². The molecule has 0 aromatic carbocycles. The van der Waals surface area contributed by atoms with Gasteiger partial charge < -0.3 is 29.3 Å². The van der Waals surface area contributed by atoms with Crippen LogP contribution in [0.2, 0.25) is 0 Å². The van der Waals surface area contributed by atoms with E-state index in [0.717, 1.165) is 25.7 Å². The van der Waals surface area contributed by atoms with Gasteiger partial charge in [0.2, 0.25) is 0 Å². The summed E-state index contributed by atoms with van der Waals surface area (Å²) >= 11 is 0. The Bertz CT molecular complexity index is 499. The number of nitrogens with zero attached hydrogens (tertiary/aromatic N) is 1. The first-order chi connectivity index (χ1) is 12.2. The maximum absolute atomic E-state index is 12.5. The molecule has 3 rings (SSSR count). The molecule has 4 atom stereocenters. The van der Waals surface area contributed by atoms with Crippen molar-refractivity contribution < 1.29 is 29.2 Å². The molecule has 2 N–H and O–H groups in total. The molecule has 0 radical (unpaired) electrons. The largest absolute Gasteiger partial charge is 0.444 e. The quantitative estimate of drug-likeness (QED) is 0.733. The van der Waals surface area contributed by atoms with Crippen LogP contribution in [0.5, 0.6) is 0 Å². The molecular formula is C19H33NO6.